The molecule has 0 aliphatic heterocycles. The number of hydrogen-bond donors (Lipinski definition) is 2. The fourth-order valence-electron chi connectivity index (χ4n) is 2.62. The number of anilines is 1. The van der Waals surface area contributed by atoms with Crippen molar-refractivity contribution in [3.05, 3.63) is 23.0 Å². The third-order valence-electron chi connectivity index (χ3n) is 3.85. The number of aliphatic hydroxyl groups is 1. The van der Waals surface area contributed by atoms with Crippen LogP contribution in [0.25, 0.3) is 0 Å². The molecule has 2 fully saturated rings. The number of aliphatic hydroxyl groups excluding tert-OH is 1. The second kappa shape index (κ2) is 5.10. The Bertz CT molecular complexity index is 502. The van der Waals surface area contributed by atoms with Crippen LogP contribution >= 0.6 is 11.6 Å². The highest BCUT2D eigenvalue weighted by Crippen LogP contribution is 2.35. The van der Waals surface area contributed by atoms with E-state index in [1.165, 1.54) is 0 Å². The molecule has 2 aliphatic rings. The summed E-state index contributed by atoms with van der Waals surface area (Å²) in [6.45, 7) is 0. The number of Topliss-reactive ketones (excluding diaryl/α,β-unsaturated/α-hetero) is 1. The van der Waals surface area contributed by atoms with Crippen LogP contribution in [-0.4, -0.2) is 28.0 Å². The van der Waals surface area contributed by atoms with Gasteiger partial charge in [0.15, 0.2) is 5.78 Å². The number of carbonyl (C=O) groups excluding carboxylic acids is 1. The van der Waals surface area contributed by atoms with Crippen molar-refractivity contribution in [3.8, 4) is 0 Å². The van der Waals surface area contributed by atoms with Gasteiger partial charge in [-0.1, -0.05) is 11.6 Å². The molecule has 2 N–H and O–H groups in total. The number of nitrogens with one attached hydrogen (secondary N) is 1. The zero-order valence-corrected chi connectivity index (χ0v) is 11.4. The van der Waals surface area contributed by atoms with Crippen LogP contribution in [0.1, 0.15) is 42.5 Å². The van der Waals surface area contributed by atoms with E-state index in [9.17, 15) is 9.90 Å². The third-order valence-corrected chi connectivity index (χ3v) is 4.06. The van der Waals surface area contributed by atoms with E-state index in [0.717, 1.165) is 37.8 Å². The molecule has 3 rings (SSSR count). The van der Waals surface area contributed by atoms with Crippen molar-refractivity contribution >= 4 is 23.1 Å². The van der Waals surface area contributed by atoms with Gasteiger partial charge in [-0.15, -0.1) is 0 Å². The van der Waals surface area contributed by atoms with Crippen molar-refractivity contribution in [2.45, 2.75) is 44.2 Å². The van der Waals surface area contributed by atoms with E-state index in [1.807, 2.05) is 0 Å². The van der Waals surface area contributed by atoms with Crippen molar-refractivity contribution in [2.24, 2.45) is 5.92 Å². The molecule has 0 aromatic carbocycles. The molecule has 4 nitrogen and oxygen atoms in total. The molecule has 19 heavy (non-hydrogen) atoms. The van der Waals surface area contributed by atoms with Gasteiger partial charge in [0, 0.05) is 23.8 Å². The number of pyridine rings is 1. The molecule has 2 atom stereocenters. The van der Waals surface area contributed by atoms with Gasteiger partial charge < -0.3 is 10.4 Å². The van der Waals surface area contributed by atoms with E-state index in [-0.39, 0.29) is 23.8 Å². The molecular weight excluding hydrogens is 264 g/mol. The molecule has 2 saturated carbocycles. The number of ketones is 1. The average molecular weight is 281 g/mol. The molecule has 0 saturated heterocycles. The first kappa shape index (κ1) is 12.9. The zero-order valence-electron chi connectivity index (χ0n) is 10.6. The smallest absolute Gasteiger partial charge is 0.169 e. The Balaban J connectivity index is 1.81. The van der Waals surface area contributed by atoms with Crippen molar-refractivity contribution < 1.29 is 9.90 Å². The quantitative estimate of drug-likeness (QED) is 0.657. The van der Waals surface area contributed by atoms with Crippen molar-refractivity contribution in [1.29, 1.82) is 0 Å². The van der Waals surface area contributed by atoms with Gasteiger partial charge in [-0.2, -0.15) is 0 Å². The topological polar surface area (TPSA) is 62.2 Å². The number of aromatic nitrogens is 1. The summed E-state index contributed by atoms with van der Waals surface area (Å²) in [5.74, 6) is 0.322. The maximum atomic E-state index is 12.2. The second-order valence-corrected chi connectivity index (χ2v) is 5.89. The normalized spacial score (nSPS) is 26.4. The number of nitrogens with zero attached hydrogens (tertiary/aromatic N) is 1. The molecule has 102 valence electrons. The first-order chi connectivity index (χ1) is 9.13. The number of halogens is 1. The Morgan fingerprint density at radius 3 is 2.79 bits per heavy atom. The van der Waals surface area contributed by atoms with Crippen LogP contribution in [0.5, 0.6) is 0 Å². The standard InChI is InChI=1S/C14H17ClN2O2/c15-13-6-12(17-9-3-4-10(18)5-9)11(7-16-13)14(19)8-1-2-8/h6-10,18H,1-5H2,(H,16,17)/t9-,10+/m0/s1. The molecule has 5 heteroatoms. The van der Waals surface area contributed by atoms with Gasteiger partial charge in [-0.3, -0.25) is 4.79 Å². The zero-order chi connectivity index (χ0) is 13.4. The molecule has 1 heterocycles. The van der Waals surface area contributed by atoms with E-state index < -0.39 is 0 Å². The molecule has 2 aliphatic carbocycles. The van der Waals surface area contributed by atoms with Crippen molar-refractivity contribution in [1.82, 2.24) is 4.98 Å². The molecule has 1 aromatic rings. The Morgan fingerprint density at radius 1 is 1.37 bits per heavy atom. The summed E-state index contributed by atoms with van der Waals surface area (Å²) in [6, 6.07) is 1.92. The van der Waals surface area contributed by atoms with E-state index in [0.29, 0.717) is 10.7 Å². The Morgan fingerprint density at radius 2 is 2.16 bits per heavy atom. The van der Waals surface area contributed by atoms with Crippen LogP contribution in [0, 0.1) is 5.92 Å². The molecule has 0 radical (unpaired) electrons. The minimum atomic E-state index is -0.239. The highest BCUT2D eigenvalue weighted by molar-refractivity contribution is 6.29. The molecule has 1 aromatic heterocycles. The summed E-state index contributed by atoms with van der Waals surface area (Å²) in [5.41, 5.74) is 1.39. The fourth-order valence-corrected chi connectivity index (χ4v) is 2.78. The van der Waals surface area contributed by atoms with Crippen molar-refractivity contribution in [2.75, 3.05) is 5.32 Å². The second-order valence-electron chi connectivity index (χ2n) is 5.50. The van der Waals surface area contributed by atoms with Crippen molar-refractivity contribution in [3.63, 3.8) is 0 Å². The summed E-state index contributed by atoms with van der Waals surface area (Å²) < 4.78 is 0. The SMILES string of the molecule is O=C(c1cnc(Cl)cc1N[C@H]1CC[C@@H](O)C1)C1CC1. The summed E-state index contributed by atoms with van der Waals surface area (Å²) in [6.07, 6.45) is 5.72. The van der Waals surface area contributed by atoms with Gasteiger partial charge in [0.05, 0.1) is 11.7 Å². The fraction of sp³-hybridized carbons (Fsp3) is 0.571. The van der Waals surface area contributed by atoms with Gasteiger partial charge in [-0.25, -0.2) is 4.98 Å². The van der Waals surface area contributed by atoms with Crippen LogP contribution in [0.4, 0.5) is 5.69 Å². The average Bonchev–Trinajstić information content (AvgIpc) is 3.14. The monoisotopic (exact) mass is 280 g/mol. The molecule has 0 bridgehead atoms. The highest BCUT2D eigenvalue weighted by Gasteiger charge is 2.32. The van der Waals surface area contributed by atoms with Crippen LogP contribution in [0.2, 0.25) is 5.15 Å². The van der Waals surface area contributed by atoms with E-state index in [2.05, 4.69) is 10.3 Å². The first-order valence-electron chi connectivity index (χ1n) is 6.78. The maximum absolute atomic E-state index is 12.2. The molecule has 0 spiro atoms. The Hall–Kier alpha value is -1.13. The van der Waals surface area contributed by atoms with E-state index in [1.54, 1.807) is 12.3 Å². The van der Waals surface area contributed by atoms with Crippen LogP contribution < -0.4 is 5.32 Å². The predicted molar refractivity (Wildman–Crippen MR) is 73.6 cm³/mol. The van der Waals surface area contributed by atoms with Crippen LogP contribution in [-0.2, 0) is 0 Å². The van der Waals surface area contributed by atoms with Gasteiger partial charge in [0.25, 0.3) is 0 Å². The lowest BCUT2D eigenvalue weighted by Gasteiger charge is -2.16. The third kappa shape index (κ3) is 2.90. The molecule has 0 unspecified atom stereocenters. The van der Waals surface area contributed by atoms with Gasteiger partial charge in [0.2, 0.25) is 0 Å². The van der Waals surface area contributed by atoms with Gasteiger partial charge in [0.1, 0.15) is 5.15 Å². The highest BCUT2D eigenvalue weighted by atomic mass is 35.5. The minimum Gasteiger partial charge on any atom is -0.393 e. The van der Waals surface area contributed by atoms with Crippen LogP contribution in [0.3, 0.4) is 0 Å². The summed E-state index contributed by atoms with van der Waals surface area (Å²) in [4.78, 5) is 16.2. The number of hydrogen-bond acceptors (Lipinski definition) is 4. The van der Waals surface area contributed by atoms with E-state index >= 15 is 0 Å². The predicted octanol–water partition coefficient (Wildman–Crippen LogP) is 2.65. The van der Waals surface area contributed by atoms with Gasteiger partial charge >= 0.3 is 0 Å². The number of rotatable bonds is 4. The largest absolute Gasteiger partial charge is 0.393 e. The molecule has 0 amide bonds. The van der Waals surface area contributed by atoms with E-state index in [4.69, 9.17) is 11.6 Å². The molecular formula is C14H17ClN2O2. The Kier molecular flexibility index (Phi) is 3.46. The maximum Gasteiger partial charge on any atom is 0.169 e. The number of carbonyl (C=O) groups is 1. The minimum absolute atomic E-state index is 0.158. The summed E-state index contributed by atoms with van der Waals surface area (Å²) in [5, 5.41) is 13.3. The lowest BCUT2D eigenvalue weighted by molar-refractivity contribution is 0.0968. The first-order valence-corrected chi connectivity index (χ1v) is 7.15. The van der Waals surface area contributed by atoms with Gasteiger partial charge in [-0.05, 0) is 38.2 Å². The lowest BCUT2D eigenvalue weighted by Crippen LogP contribution is -2.19. The summed E-state index contributed by atoms with van der Waals surface area (Å²) in [7, 11) is 0. The Labute approximate surface area is 117 Å². The van der Waals surface area contributed by atoms with Crippen LogP contribution in [0.15, 0.2) is 12.3 Å². The summed E-state index contributed by atoms with van der Waals surface area (Å²) >= 11 is 5.92. The lowest BCUT2D eigenvalue weighted by atomic mass is 10.1.